The molecule has 3 heterocycles. The molecule has 1 aromatic heterocycles. The standard InChI is InChI=1S/C21H28N6O2/c1-24(2)16-7-5-15(6-8-16)20(28)26-13-17-18(14-26)29-12-11-27(17)19-9-10-22-21(23-19)25(3)4/h5-10,17-18H,11-14H2,1-4H3/t17-,18+/m1/s1. The zero-order valence-electron chi connectivity index (χ0n) is 17.4. The minimum Gasteiger partial charge on any atom is -0.378 e. The number of morpholine rings is 1. The number of carbonyl (C=O) groups is 1. The van der Waals surface area contributed by atoms with E-state index in [1.807, 2.05) is 73.2 Å². The van der Waals surface area contributed by atoms with Crippen molar-refractivity contribution in [1.29, 1.82) is 0 Å². The molecule has 2 aliphatic rings. The van der Waals surface area contributed by atoms with Gasteiger partial charge in [0.15, 0.2) is 0 Å². The van der Waals surface area contributed by atoms with Crippen molar-refractivity contribution in [2.45, 2.75) is 12.1 Å². The molecule has 0 spiro atoms. The number of nitrogens with zero attached hydrogens (tertiary/aromatic N) is 6. The highest BCUT2D eigenvalue weighted by Gasteiger charge is 2.42. The highest BCUT2D eigenvalue weighted by atomic mass is 16.5. The molecule has 1 aromatic carbocycles. The molecule has 2 fully saturated rings. The van der Waals surface area contributed by atoms with Crippen molar-refractivity contribution in [1.82, 2.24) is 14.9 Å². The Kier molecular flexibility index (Phi) is 5.27. The SMILES string of the molecule is CN(C)c1ccc(C(=O)N2C[C@@H]3OCCN(c4ccnc(N(C)C)n4)[C@@H]3C2)cc1. The number of hydrogen-bond acceptors (Lipinski definition) is 7. The third-order valence-corrected chi connectivity index (χ3v) is 5.54. The van der Waals surface area contributed by atoms with E-state index in [4.69, 9.17) is 4.74 Å². The largest absolute Gasteiger partial charge is 0.378 e. The Morgan fingerprint density at radius 3 is 2.52 bits per heavy atom. The summed E-state index contributed by atoms with van der Waals surface area (Å²) in [6.07, 6.45) is 1.78. The monoisotopic (exact) mass is 396 g/mol. The number of benzene rings is 1. The zero-order chi connectivity index (χ0) is 20.5. The first-order valence-electron chi connectivity index (χ1n) is 9.89. The molecule has 2 aliphatic heterocycles. The Hall–Kier alpha value is -2.87. The number of aromatic nitrogens is 2. The van der Waals surface area contributed by atoms with Crippen LogP contribution in [-0.4, -0.2) is 87.4 Å². The number of rotatable bonds is 4. The smallest absolute Gasteiger partial charge is 0.254 e. The Labute approximate surface area is 171 Å². The van der Waals surface area contributed by atoms with Crippen molar-refractivity contribution in [3.63, 3.8) is 0 Å². The molecule has 2 aromatic rings. The number of fused-ring (bicyclic) bond motifs is 1. The second-order valence-electron chi connectivity index (χ2n) is 7.93. The summed E-state index contributed by atoms with van der Waals surface area (Å²) in [5.41, 5.74) is 1.78. The summed E-state index contributed by atoms with van der Waals surface area (Å²) in [6, 6.07) is 9.77. The van der Waals surface area contributed by atoms with Crippen molar-refractivity contribution in [2.75, 3.05) is 69.1 Å². The molecular formula is C21H28N6O2. The normalized spacial score (nSPS) is 21.1. The average Bonchev–Trinajstić information content (AvgIpc) is 3.17. The van der Waals surface area contributed by atoms with Crippen LogP contribution in [0.3, 0.4) is 0 Å². The van der Waals surface area contributed by atoms with Gasteiger partial charge in [0.05, 0.1) is 18.8 Å². The van der Waals surface area contributed by atoms with Crippen LogP contribution in [0.2, 0.25) is 0 Å². The van der Waals surface area contributed by atoms with E-state index < -0.39 is 0 Å². The van der Waals surface area contributed by atoms with E-state index in [2.05, 4.69) is 14.9 Å². The van der Waals surface area contributed by atoms with E-state index in [0.717, 1.165) is 18.1 Å². The fourth-order valence-corrected chi connectivity index (χ4v) is 3.94. The predicted octanol–water partition coefficient (Wildman–Crippen LogP) is 1.34. The number of carbonyl (C=O) groups excluding carboxylic acids is 1. The molecule has 0 aliphatic carbocycles. The first-order chi connectivity index (χ1) is 13.9. The Bertz CT molecular complexity index is 870. The first-order valence-corrected chi connectivity index (χ1v) is 9.89. The van der Waals surface area contributed by atoms with Crippen LogP contribution in [0.1, 0.15) is 10.4 Å². The maximum atomic E-state index is 13.1. The quantitative estimate of drug-likeness (QED) is 0.773. The zero-order valence-corrected chi connectivity index (χ0v) is 17.4. The summed E-state index contributed by atoms with van der Waals surface area (Å²) < 4.78 is 6.00. The van der Waals surface area contributed by atoms with E-state index in [1.54, 1.807) is 6.20 Å². The minimum atomic E-state index is -0.00785. The third-order valence-electron chi connectivity index (χ3n) is 5.54. The molecule has 0 saturated carbocycles. The Morgan fingerprint density at radius 1 is 1.07 bits per heavy atom. The van der Waals surface area contributed by atoms with Gasteiger partial charge in [0.25, 0.3) is 5.91 Å². The van der Waals surface area contributed by atoms with E-state index in [9.17, 15) is 4.79 Å². The van der Waals surface area contributed by atoms with Gasteiger partial charge in [-0.2, -0.15) is 4.98 Å². The summed E-state index contributed by atoms with van der Waals surface area (Å²) in [5, 5.41) is 0. The van der Waals surface area contributed by atoms with Gasteiger partial charge in [-0.25, -0.2) is 4.98 Å². The van der Waals surface area contributed by atoms with Crippen molar-refractivity contribution in [2.24, 2.45) is 0 Å². The summed E-state index contributed by atoms with van der Waals surface area (Å²) in [5.74, 6) is 1.61. The molecule has 0 N–H and O–H groups in total. The minimum absolute atomic E-state index is 0.00785. The van der Waals surface area contributed by atoms with Gasteiger partial charge in [-0.05, 0) is 30.3 Å². The van der Waals surface area contributed by atoms with Gasteiger partial charge in [0.2, 0.25) is 5.95 Å². The van der Waals surface area contributed by atoms with Gasteiger partial charge in [-0.1, -0.05) is 0 Å². The number of anilines is 3. The van der Waals surface area contributed by atoms with E-state index in [0.29, 0.717) is 31.2 Å². The second-order valence-corrected chi connectivity index (χ2v) is 7.93. The van der Waals surface area contributed by atoms with E-state index >= 15 is 0 Å². The van der Waals surface area contributed by atoms with E-state index in [1.165, 1.54) is 0 Å². The summed E-state index contributed by atoms with van der Waals surface area (Å²) in [4.78, 5) is 30.1. The van der Waals surface area contributed by atoms with Gasteiger partial charge in [0.1, 0.15) is 5.82 Å². The van der Waals surface area contributed by atoms with Gasteiger partial charge >= 0.3 is 0 Å². The Morgan fingerprint density at radius 2 is 1.83 bits per heavy atom. The lowest BCUT2D eigenvalue weighted by molar-refractivity contribution is 0.0299. The maximum absolute atomic E-state index is 13.1. The maximum Gasteiger partial charge on any atom is 0.254 e. The molecule has 0 bridgehead atoms. The summed E-state index contributed by atoms with van der Waals surface area (Å²) in [6.45, 7) is 2.61. The molecule has 0 radical (unpaired) electrons. The predicted molar refractivity (Wildman–Crippen MR) is 114 cm³/mol. The molecular weight excluding hydrogens is 368 g/mol. The third kappa shape index (κ3) is 3.85. The van der Waals surface area contributed by atoms with Crippen LogP contribution in [0.15, 0.2) is 36.5 Å². The highest BCUT2D eigenvalue weighted by molar-refractivity contribution is 5.95. The first kappa shape index (κ1) is 19.4. The van der Waals surface area contributed by atoms with Crippen LogP contribution in [0, 0.1) is 0 Å². The van der Waals surface area contributed by atoms with Crippen molar-refractivity contribution in [3.05, 3.63) is 42.1 Å². The molecule has 0 unspecified atom stereocenters. The molecule has 8 heteroatoms. The number of amides is 1. The van der Waals surface area contributed by atoms with Crippen LogP contribution < -0.4 is 14.7 Å². The molecule has 2 saturated heterocycles. The fourth-order valence-electron chi connectivity index (χ4n) is 3.94. The second kappa shape index (κ2) is 7.87. The van der Waals surface area contributed by atoms with Crippen molar-refractivity contribution < 1.29 is 9.53 Å². The summed E-state index contributed by atoms with van der Waals surface area (Å²) in [7, 11) is 7.84. The van der Waals surface area contributed by atoms with Gasteiger partial charge < -0.3 is 24.3 Å². The fraction of sp³-hybridized carbons (Fsp3) is 0.476. The van der Waals surface area contributed by atoms with Crippen LogP contribution in [0.25, 0.3) is 0 Å². The van der Waals surface area contributed by atoms with Crippen molar-refractivity contribution >= 4 is 23.4 Å². The molecule has 8 nitrogen and oxygen atoms in total. The Balaban J connectivity index is 1.51. The summed E-state index contributed by atoms with van der Waals surface area (Å²) >= 11 is 0. The highest BCUT2D eigenvalue weighted by Crippen LogP contribution is 2.28. The van der Waals surface area contributed by atoms with Gasteiger partial charge in [0, 0.05) is 65.3 Å². The van der Waals surface area contributed by atoms with Crippen LogP contribution in [-0.2, 0) is 4.74 Å². The molecule has 29 heavy (non-hydrogen) atoms. The topological polar surface area (TPSA) is 65.0 Å². The number of likely N-dealkylation sites (tertiary alicyclic amines) is 1. The number of ether oxygens (including phenoxy) is 1. The lowest BCUT2D eigenvalue weighted by atomic mass is 10.1. The number of hydrogen-bond donors (Lipinski definition) is 0. The molecule has 1 amide bonds. The molecule has 4 rings (SSSR count). The van der Waals surface area contributed by atoms with Gasteiger partial charge in [-0.3, -0.25) is 4.79 Å². The van der Waals surface area contributed by atoms with Crippen molar-refractivity contribution in [3.8, 4) is 0 Å². The van der Waals surface area contributed by atoms with Crippen LogP contribution in [0.5, 0.6) is 0 Å². The lowest BCUT2D eigenvalue weighted by Gasteiger charge is -2.37. The van der Waals surface area contributed by atoms with Crippen LogP contribution >= 0.6 is 0 Å². The lowest BCUT2D eigenvalue weighted by Crippen LogP contribution is -2.51. The molecule has 2 atom stereocenters. The average molecular weight is 396 g/mol. The van der Waals surface area contributed by atoms with Gasteiger partial charge in [-0.15, -0.1) is 0 Å². The molecule has 154 valence electrons. The van der Waals surface area contributed by atoms with Crippen LogP contribution in [0.4, 0.5) is 17.5 Å². The van der Waals surface area contributed by atoms with E-state index in [-0.39, 0.29) is 18.1 Å².